The largest absolute Gasteiger partial charge is 0.494 e. The minimum atomic E-state index is -0.339. The van der Waals surface area contributed by atoms with Crippen molar-refractivity contribution >= 4 is 12.6 Å². The van der Waals surface area contributed by atoms with E-state index in [1.807, 2.05) is 30.1 Å². The molecule has 1 aliphatic rings. The van der Waals surface area contributed by atoms with Crippen LogP contribution in [0.5, 0.6) is 0 Å². The van der Waals surface area contributed by atoms with Crippen molar-refractivity contribution < 1.29 is 9.31 Å². The van der Waals surface area contributed by atoms with E-state index in [2.05, 4.69) is 51.9 Å². The third-order valence-corrected chi connectivity index (χ3v) is 4.70. The normalized spacial score (nSPS) is 19.6. The number of rotatable bonds is 2. The molecule has 0 radical (unpaired) electrons. The molecule has 0 unspecified atom stereocenters. The molecule has 1 aromatic heterocycles. The van der Waals surface area contributed by atoms with E-state index in [1.165, 1.54) is 0 Å². The first-order valence-corrected chi connectivity index (χ1v) is 7.66. The molecule has 1 aliphatic heterocycles. The van der Waals surface area contributed by atoms with E-state index in [0.717, 1.165) is 22.3 Å². The Morgan fingerprint density at radius 3 is 2.27 bits per heavy atom. The molecule has 1 saturated heterocycles. The molecule has 0 spiro atoms. The first kappa shape index (κ1) is 15.3. The van der Waals surface area contributed by atoms with Gasteiger partial charge in [0.05, 0.1) is 16.9 Å². The average Bonchev–Trinajstić information content (AvgIpc) is 2.86. The average molecular weight is 298 g/mol. The Hall–Kier alpha value is -1.59. The van der Waals surface area contributed by atoms with E-state index >= 15 is 0 Å². The minimum Gasteiger partial charge on any atom is -0.399 e. The summed E-state index contributed by atoms with van der Waals surface area (Å²) in [6, 6.07) is 8.26. The maximum atomic E-state index is 6.13. The molecule has 3 rings (SSSR count). The second kappa shape index (κ2) is 4.96. The standard InChI is InChI=1S/C17H23BN2O2/c1-12-11-20(6)19-15(12)13-8-7-9-14(10-13)18-21-16(2,3)17(4,5)22-18/h7-11H,1-6H3. The predicted octanol–water partition coefficient (Wildman–Crippen LogP) is 2.69. The van der Waals surface area contributed by atoms with Crippen molar-refractivity contribution in [1.29, 1.82) is 0 Å². The lowest BCUT2D eigenvalue weighted by Crippen LogP contribution is -2.41. The molecule has 0 atom stereocenters. The quantitative estimate of drug-likeness (QED) is 0.800. The highest BCUT2D eigenvalue weighted by Crippen LogP contribution is 2.36. The van der Waals surface area contributed by atoms with E-state index < -0.39 is 0 Å². The van der Waals surface area contributed by atoms with Gasteiger partial charge in [0.25, 0.3) is 0 Å². The summed E-state index contributed by atoms with van der Waals surface area (Å²) < 4.78 is 14.1. The Morgan fingerprint density at radius 2 is 1.73 bits per heavy atom. The van der Waals surface area contributed by atoms with Crippen molar-refractivity contribution in [2.24, 2.45) is 7.05 Å². The number of nitrogens with zero attached hydrogens (tertiary/aromatic N) is 2. The highest BCUT2D eigenvalue weighted by Gasteiger charge is 2.51. The first-order valence-electron chi connectivity index (χ1n) is 7.66. The van der Waals surface area contributed by atoms with Gasteiger partial charge in [0, 0.05) is 18.8 Å². The third kappa shape index (κ3) is 2.48. The number of aryl methyl sites for hydroxylation is 2. The fourth-order valence-corrected chi connectivity index (χ4v) is 2.70. The van der Waals surface area contributed by atoms with Crippen molar-refractivity contribution in [3.8, 4) is 11.3 Å². The van der Waals surface area contributed by atoms with Crippen LogP contribution < -0.4 is 5.46 Å². The molecule has 0 bridgehead atoms. The van der Waals surface area contributed by atoms with Crippen LogP contribution in [-0.4, -0.2) is 28.1 Å². The van der Waals surface area contributed by atoms with Crippen LogP contribution in [0.2, 0.25) is 0 Å². The SMILES string of the molecule is Cc1cn(C)nc1-c1cccc(B2OC(C)(C)C(C)(C)O2)c1. The molecule has 0 saturated carbocycles. The monoisotopic (exact) mass is 298 g/mol. The molecule has 2 aromatic rings. The van der Waals surface area contributed by atoms with Gasteiger partial charge in [-0.15, -0.1) is 0 Å². The zero-order valence-electron chi connectivity index (χ0n) is 14.2. The van der Waals surface area contributed by atoms with Gasteiger partial charge in [-0.2, -0.15) is 5.10 Å². The topological polar surface area (TPSA) is 36.3 Å². The van der Waals surface area contributed by atoms with Gasteiger partial charge < -0.3 is 9.31 Å². The summed E-state index contributed by atoms with van der Waals surface area (Å²) in [7, 11) is 1.60. The minimum absolute atomic E-state index is 0.325. The molecule has 0 N–H and O–H groups in total. The van der Waals surface area contributed by atoms with E-state index in [-0.39, 0.29) is 18.3 Å². The van der Waals surface area contributed by atoms with E-state index in [0.29, 0.717) is 0 Å². The van der Waals surface area contributed by atoms with Gasteiger partial charge in [0.2, 0.25) is 0 Å². The van der Waals surface area contributed by atoms with Crippen LogP contribution in [0, 0.1) is 6.92 Å². The molecular weight excluding hydrogens is 275 g/mol. The summed E-state index contributed by atoms with van der Waals surface area (Å²) in [6.07, 6.45) is 2.02. The number of hydrogen-bond donors (Lipinski definition) is 0. The van der Waals surface area contributed by atoms with Crippen LogP contribution in [0.4, 0.5) is 0 Å². The highest BCUT2D eigenvalue weighted by atomic mass is 16.7. The van der Waals surface area contributed by atoms with E-state index in [1.54, 1.807) is 0 Å². The zero-order valence-corrected chi connectivity index (χ0v) is 14.2. The van der Waals surface area contributed by atoms with Gasteiger partial charge in [-0.25, -0.2) is 0 Å². The Bertz CT molecular complexity index is 690. The maximum Gasteiger partial charge on any atom is 0.494 e. The lowest BCUT2D eigenvalue weighted by Gasteiger charge is -2.32. The molecule has 5 heteroatoms. The Morgan fingerprint density at radius 1 is 1.09 bits per heavy atom. The van der Waals surface area contributed by atoms with Crippen LogP contribution in [0.3, 0.4) is 0 Å². The maximum absolute atomic E-state index is 6.13. The van der Waals surface area contributed by atoms with Gasteiger partial charge in [0.1, 0.15) is 0 Å². The van der Waals surface area contributed by atoms with Crippen molar-refractivity contribution in [2.75, 3.05) is 0 Å². The molecule has 1 fully saturated rings. The summed E-state index contributed by atoms with van der Waals surface area (Å²) in [4.78, 5) is 0. The lowest BCUT2D eigenvalue weighted by atomic mass is 9.78. The van der Waals surface area contributed by atoms with Gasteiger partial charge in [-0.05, 0) is 45.6 Å². The summed E-state index contributed by atoms with van der Waals surface area (Å²) >= 11 is 0. The molecule has 4 nitrogen and oxygen atoms in total. The predicted molar refractivity (Wildman–Crippen MR) is 89.1 cm³/mol. The number of hydrogen-bond acceptors (Lipinski definition) is 3. The van der Waals surface area contributed by atoms with Gasteiger partial charge in [0.15, 0.2) is 0 Å². The smallest absolute Gasteiger partial charge is 0.399 e. The molecule has 0 aliphatic carbocycles. The van der Waals surface area contributed by atoms with Gasteiger partial charge in [-0.1, -0.05) is 24.3 Å². The number of benzene rings is 1. The van der Waals surface area contributed by atoms with E-state index in [4.69, 9.17) is 9.31 Å². The Kier molecular flexibility index (Phi) is 3.46. The molecule has 22 heavy (non-hydrogen) atoms. The lowest BCUT2D eigenvalue weighted by molar-refractivity contribution is 0.00578. The summed E-state index contributed by atoms with van der Waals surface area (Å²) in [5.41, 5.74) is 3.63. The molecule has 116 valence electrons. The van der Waals surface area contributed by atoms with Crippen LogP contribution >= 0.6 is 0 Å². The Balaban J connectivity index is 1.95. The molecule has 0 amide bonds. The highest BCUT2D eigenvalue weighted by molar-refractivity contribution is 6.62. The van der Waals surface area contributed by atoms with Crippen molar-refractivity contribution in [2.45, 2.75) is 45.8 Å². The van der Waals surface area contributed by atoms with Crippen LogP contribution in [0.1, 0.15) is 33.3 Å². The molecule has 1 aromatic carbocycles. The summed E-state index contributed by atoms with van der Waals surface area (Å²) in [5.74, 6) is 0. The van der Waals surface area contributed by atoms with Crippen molar-refractivity contribution in [3.05, 3.63) is 36.0 Å². The Labute approximate surface area is 132 Å². The van der Waals surface area contributed by atoms with Gasteiger partial charge >= 0.3 is 7.12 Å². The summed E-state index contributed by atoms with van der Waals surface area (Å²) in [5, 5.41) is 4.54. The van der Waals surface area contributed by atoms with E-state index in [9.17, 15) is 0 Å². The zero-order chi connectivity index (χ0) is 16.1. The fraction of sp³-hybridized carbons (Fsp3) is 0.471. The molecular formula is C17H23BN2O2. The van der Waals surface area contributed by atoms with Crippen LogP contribution in [0.25, 0.3) is 11.3 Å². The van der Waals surface area contributed by atoms with Crippen LogP contribution in [-0.2, 0) is 16.4 Å². The van der Waals surface area contributed by atoms with Crippen molar-refractivity contribution in [3.63, 3.8) is 0 Å². The second-order valence-corrected chi connectivity index (χ2v) is 7.05. The second-order valence-electron chi connectivity index (χ2n) is 7.05. The summed E-state index contributed by atoms with van der Waals surface area (Å²) in [6.45, 7) is 10.4. The van der Waals surface area contributed by atoms with Gasteiger partial charge in [-0.3, -0.25) is 4.68 Å². The van der Waals surface area contributed by atoms with Crippen LogP contribution in [0.15, 0.2) is 30.5 Å². The van der Waals surface area contributed by atoms with Crippen molar-refractivity contribution in [1.82, 2.24) is 9.78 Å². The fourth-order valence-electron chi connectivity index (χ4n) is 2.70. The third-order valence-electron chi connectivity index (χ3n) is 4.70. The first-order chi connectivity index (χ1) is 10.2. The number of aromatic nitrogens is 2. The molecule has 2 heterocycles.